The maximum absolute atomic E-state index is 9.13. The zero-order valence-electron chi connectivity index (χ0n) is 14.7. The number of hydrogen-bond acceptors (Lipinski definition) is 4. The molecule has 0 atom stereocenters. The fraction of sp³-hybridized carbons (Fsp3) is 0.333. The summed E-state index contributed by atoms with van der Waals surface area (Å²) in [6.07, 6.45) is 4.90. The molecule has 0 radical (unpaired) electrons. The lowest BCUT2D eigenvalue weighted by Crippen LogP contribution is -2.22. The van der Waals surface area contributed by atoms with E-state index in [1.807, 2.05) is 36.4 Å². The quantitative estimate of drug-likeness (QED) is 0.743. The first-order valence-corrected chi connectivity index (χ1v) is 9.30. The third-order valence-electron chi connectivity index (χ3n) is 5.10. The zero-order valence-corrected chi connectivity index (χ0v) is 15.5. The minimum atomic E-state index is 0.264. The van der Waals surface area contributed by atoms with Crippen LogP contribution in [0.2, 0.25) is 0 Å². The number of hydrogen-bond donors (Lipinski definition) is 0. The van der Waals surface area contributed by atoms with Gasteiger partial charge in [0.15, 0.2) is 11.5 Å². The van der Waals surface area contributed by atoms with Gasteiger partial charge in [-0.25, -0.2) is 0 Å². The van der Waals surface area contributed by atoms with Crippen molar-refractivity contribution in [3.63, 3.8) is 0 Å². The summed E-state index contributed by atoms with van der Waals surface area (Å²) in [6.45, 7) is 0.703. The normalized spacial score (nSPS) is 16.5. The Balaban J connectivity index is 1.63. The highest BCUT2D eigenvalue weighted by atomic mass is 32.1. The van der Waals surface area contributed by atoms with Crippen molar-refractivity contribution in [2.75, 3.05) is 12.0 Å². The molecule has 0 amide bonds. The van der Waals surface area contributed by atoms with Crippen LogP contribution in [0.1, 0.15) is 42.4 Å². The molecule has 1 fully saturated rings. The molecule has 26 heavy (non-hydrogen) atoms. The first kappa shape index (κ1) is 16.9. The van der Waals surface area contributed by atoms with Gasteiger partial charge in [-0.1, -0.05) is 18.3 Å². The van der Waals surface area contributed by atoms with Crippen molar-refractivity contribution in [3.05, 3.63) is 53.1 Å². The summed E-state index contributed by atoms with van der Waals surface area (Å²) in [5.74, 6) is 1.52. The molecule has 0 bridgehead atoms. The highest BCUT2D eigenvalue weighted by Gasteiger charge is 2.27. The summed E-state index contributed by atoms with van der Waals surface area (Å²) in [4.78, 5) is 2.83. The monoisotopic (exact) mass is 364 g/mol. The average molecular weight is 364 g/mol. The van der Waals surface area contributed by atoms with Gasteiger partial charge in [0.05, 0.1) is 24.8 Å². The van der Waals surface area contributed by atoms with Crippen LogP contribution in [0.4, 0.5) is 5.69 Å². The second-order valence-corrected chi connectivity index (χ2v) is 7.12. The summed E-state index contributed by atoms with van der Waals surface area (Å²) >= 11 is 5.68. The van der Waals surface area contributed by atoms with Gasteiger partial charge in [0.2, 0.25) is 0 Å². The van der Waals surface area contributed by atoms with E-state index >= 15 is 0 Å². The standard InChI is InChI=1S/C21H20N2O2S/c1-24-19-9-8-16(11-20(19)25-17-4-2-3-5-17)23-13-15-7-6-14(12-22)10-18(15)21(23)26/h6-11,17H,2-5,13H2,1H3. The molecule has 1 aliphatic heterocycles. The Hall–Kier alpha value is -2.58. The van der Waals surface area contributed by atoms with Crippen LogP contribution in [-0.4, -0.2) is 18.2 Å². The number of nitriles is 1. The Morgan fingerprint density at radius 1 is 1.12 bits per heavy atom. The van der Waals surface area contributed by atoms with Crippen LogP contribution in [0.5, 0.6) is 11.5 Å². The largest absolute Gasteiger partial charge is 0.493 e. The first-order valence-electron chi connectivity index (χ1n) is 8.89. The molecule has 0 aromatic heterocycles. The zero-order chi connectivity index (χ0) is 18.1. The molecular formula is C21H20N2O2S. The van der Waals surface area contributed by atoms with E-state index in [4.69, 9.17) is 27.0 Å². The van der Waals surface area contributed by atoms with E-state index in [0.29, 0.717) is 12.1 Å². The number of anilines is 1. The molecule has 4 nitrogen and oxygen atoms in total. The highest BCUT2D eigenvalue weighted by molar-refractivity contribution is 7.81. The van der Waals surface area contributed by atoms with Gasteiger partial charge in [-0.15, -0.1) is 0 Å². The number of rotatable bonds is 4. The van der Waals surface area contributed by atoms with E-state index in [0.717, 1.165) is 46.1 Å². The fourth-order valence-electron chi connectivity index (χ4n) is 3.69. The summed E-state index contributed by atoms with van der Waals surface area (Å²) in [6, 6.07) is 13.8. The minimum Gasteiger partial charge on any atom is -0.493 e. The second kappa shape index (κ2) is 6.97. The van der Waals surface area contributed by atoms with E-state index in [2.05, 4.69) is 11.0 Å². The van der Waals surface area contributed by atoms with Crippen molar-refractivity contribution in [3.8, 4) is 17.6 Å². The number of ether oxygens (including phenoxy) is 2. The fourth-order valence-corrected chi connectivity index (χ4v) is 4.05. The smallest absolute Gasteiger partial charge is 0.163 e. The Labute approximate surface area is 158 Å². The molecule has 2 aliphatic rings. The van der Waals surface area contributed by atoms with Crippen LogP contribution in [-0.2, 0) is 6.54 Å². The Morgan fingerprint density at radius 2 is 1.92 bits per heavy atom. The lowest BCUT2D eigenvalue weighted by atomic mass is 10.1. The van der Waals surface area contributed by atoms with Crippen LogP contribution in [0.25, 0.3) is 0 Å². The summed E-state index contributed by atoms with van der Waals surface area (Å²) < 4.78 is 11.7. The highest BCUT2D eigenvalue weighted by Crippen LogP contribution is 2.37. The lowest BCUT2D eigenvalue weighted by Gasteiger charge is -2.22. The van der Waals surface area contributed by atoms with Gasteiger partial charge in [-0.2, -0.15) is 5.26 Å². The predicted octanol–water partition coefficient (Wildman–Crippen LogP) is 4.58. The lowest BCUT2D eigenvalue weighted by molar-refractivity contribution is 0.201. The van der Waals surface area contributed by atoms with Crippen molar-refractivity contribution in [2.24, 2.45) is 0 Å². The molecule has 2 aromatic rings. The molecule has 2 aromatic carbocycles. The van der Waals surface area contributed by atoms with Crippen LogP contribution in [0, 0.1) is 11.3 Å². The summed E-state index contributed by atoms with van der Waals surface area (Å²) in [5.41, 5.74) is 3.72. The predicted molar refractivity (Wildman–Crippen MR) is 105 cm³/mol. The number of methoxy groups -OCH3 is 1. The first-order chi connectivity index (χ1) is 12.7. The van der Waals surface area contributed by atoms with Crippen LogP contribution in [0.15, 0.2) is 36.4 Å². The molecule has 1 aliphatic carbocycles. The SMILES string of the molecule is COc1ccc(N2Cc3ccc(C#N)cc3C2=S)cc1OC1CCCC1. The maximum atomic E-state index is 9.13. The van der Waals surface area contributed by atoms with E-state index < -0.39 is 0 Å². The van der Waals surface area contributed by atoms with Gasteiger partial charge in [0, 0.05) is 23.9 Å². The van der Waals surface area contributed by atoms with Gasteiger partial charge < -0.3 is 14.4 Å². The average Bonchev–Trinajstić information content (AvgIpc) is 3.29. The second-order valence-electron chi connectivity index (χ2n) is 6.73. The van der Waals surface area contributed by atoms with Crippen molar-refractivity contribution < 1.29 is 9.47 Å². The summed E-state index contributed by atoms with van der Waals surface area (Å²) in [7, 11) is 1.66. The Morgan fingerprint density at radius 3 is 2.65 bits per heavy atom. The van der Waals surface area contributed by atoms with E-state index in [9.17, 15) is 0 Å². The van der Waals surface area contributed by atoms with Gasteiger partial charge in [0.1, 0.15) is 4.99 Å². The van der Waals surface area contributed by atoms with Gasteiger partial charge in [-0.3, -0.25) is 0 Å². The molecule has 0 N–H and O–H groups in total. The van der Waals surface area contributed by atoms with Gasteiger partial charge >= 0.3 is 0 Å². The number of thiocarbonyl (C=S) groups is 1. The van der Waals surface area contributed by atoms with Crippen molar-refractivity contribution in [1.29, 1.82) is 5.26 Å². The molecule has 1 saturated carbocycles. The van der Waals surface area contributed by atoms with E-state index in [1.165, 1.54) is 12.8 Å². The third kappa shape index (κ3) is 3.02. The van der Waals surface area contributed by atoms with Crippen LogP contribution >= 0.6 is 12.2 Å². The van der Waals surface area contributed by atoms with Crippen LogP contribution < -0.4 is 14.4 Å². The van der Waals surface area contributed by atoms with Gasteiger partial charge in [-0.05, 0) is 55.5 Å². The molecule has 0 unspecified atom stereocenters. The molecule has 5 heteroatoms. The topological polar surface area (TPSA) is 45.5 Å². The summed E-state index contributed by atoms with van der Waals surface area (Å²) in [5, 5.41) is 9.13. The van der Waals surface area contributed by atoms with E-state index in [-0.39, 0.29) is 6.10 Å². The van der Waals surface area contributed by atoms with Crippen molar-refractivity contribution in [2.45, 2.75) is 38.3 Å². The Bertz CT molecular complexity index is 897. The molecule has 4 rings (SSSR count). The minimum absolute atomic E-state index is 0.264. The van der Waals surface area contributed by atoms with Crippen LogP contribution in [0.3, 0.4) is 0 Å². The van der Waals surface area contributed by atoms with Crippen molar-refractivity contribution >= 4 is 22.9 Å². The molecule has 1 heterocycles. The number of benzene rings is 2. The number of fused-ring (bicyclic) bond motifs is 1. The molecule has 132 valence electrons. The van der Waals surface area contributed by atoms with E-state index in [1.54, 1.807) is 7.11 Å². The van der Waals surface area contributed by atoms with Crippen molar-refractivity contribution in [1.82, 2.24) is 0 Å². The number of nitrogens with zero attached hydrogens (tertiary/aromatic N) is 2. The maximum Gasteiger partial charge on any atom is 0.163 e. The van der Waals surface area contributed by atoms with Gasteiger partial charge in [0.25, 0.3) is 0 Å². The molecule has 0 spiro atoms. The molecule has 0 saturated heterocycles. The Kier molecular flexibility index (Phi) is 4.52. The third-order valence-corrected chi connectivity index (χ3v) is 5.54. The molecular weight excluding hydrogens is 344 g/mol.